The van der Waals surface area contributed by atoms with E-state index in [2.05, 4.69) is 10.3 Å². The molecule has 19 heavy (non-hydrogen) atoms. The normalized spacial score (nSPS) is 15.8. The summed E-state index contributed by atoms with van der Waals surface area (Å²) >= 11 is 6.06. The minimum atomic E-state index is -0.0405. The molecule has 1 aliphatic rings. The first kappa shape index (κ1) is 12.4. The molecule has 2 aromatic rings. The highest BCUT2D eigenvalue weighted by atomic mass is 35.5. The van der Waals surface area contributed by atoms with Crippen LogP contribution < -0.4 is 5.32 Å². The van der Waals surface area contributed by atoms with Crippen LogP contribution in [0, 0.1) is 0 Å². The Hall–Kier alpha value is -1.61. The van der Waals surface area contributed by atoms with Crippen LogP contribution in [0.1, 0.15) is 36.0 Å². The smallest absolute Gasteiger partial charge is 0.253 e. The SMILES string of the molecule is O=C(NC1CCCC1)c1cnc2c(Cl)cccc2c1. The fourth-order valence-electron chi connectivity index (χ4n) is 2.59. The number of hydrogen-bond donors (Lipinski definition) is 1. The number of halogens is 1. The summed E-state index contributed by atoms with van der Waals surface area (Å²) in [4.78, 5) is 16.4. The molecule has 1 heterocycles. The Balaban J connectivity index is 1.86. The van der Waals surface area contributed by atoms with Crippen molar-refractivity contribution < 1.29 is 4.79 Å². The number of carbonyl (C=O) groups excluding carboxylic acids is 1. The topological polar surface area (TPSA) is 42.0 Å². The van der Waals surface area contributed by atoms with Crippen LogP contribution in [0.2, 0.25) is 5.02 Å². The van der Waals surface area contributed by atoms with Crippen molar-refractivity contribution in [2.45, 2.75) is 31.7 Å². The molecule has 98 valence electrons. The van der Waals surface area contributed by atoms with Crippen molar-refractivity contribution in [2.75, 3.05) is 0 Å². The number of para-hydroxylation sites is 1. The lowest BCUT2D eigenvalue weighted by atomic mass is 10.1. The van der Waals surface area contributed by atoms with Gasteiger partial charge in [-0.25, -0.2) is 0 Å². The van der Waals surface area contributed by atoms with Crippen molar-refractivity contribution in [3.63, 3.8) is 0 Å². The number of hydrogen-bond acceptors (Lipinski definition) is 2. The van der Waals surface area contributed by atoms with Crippen LogP contribution in [-0.4, -0.2) is 16.9 Å². The lowest BCUT2D eigenvalue weighted by Crippen LogP contribution is -2.32. The molecule has 1 aliphatic carbocycles. The Bertz CT molecular complexity index is 621. The Morgan fingerprint density at radius 1 is 1.32 bits per heavy atom. The molecule has 0 bridgehead atoms. The summed E-state index contributed by atoms with van der Waals surface area (Å²) in [6, 6.07) is 7.75. The summed E-state index contributed by atoms with van der Waals surface area (Å²) in [5, 5.41) is 4.57. The van der Waals surface area contributed by atoms with E-state index in [0.29, 0.717) is 16.6 Å². The minimum Gasteiger partial charge on any atom is -0.349 e. The van der Waals surface area contributed by atoms with Gasteiger partial charge in [0, 0.05) is 17.6 Å². The summed E-state index contributed by atoms with van der Waals surface area (Å²) in [5.41, 5.74) is 1.34. The van der Waals surface area contributed by atoms with Crippen molar-refractivity contribution in [3.05, 3.63) is 41.0 Å². The zero-order valence-electron chi connectivity index (χ0n) is 10.5. The van der Waals surface area contributed by atoms with Crippen molar-refractivity contribution >= 4 is 28.4 Å². The fourth-order valence-corrected chi connectivity index (χ4v) is 2.82. The van der Waals surface area contributed by atoms with Gasteiger partial charge in [-0.2, -0.15) is 0 Å². The first-order valence-electron chi connectivity index (χ1n) is 6.59. The molecule has 1 amide bonds. The molecule has 3 nitrogen and oxygen atoms in total. The fraction of sp³-hybridized carbons (Fsp3) is 0.333. The van der Waals surface area contributed by atoms with Crippen molar-refractivity contribution in [1.82, 2.24) is 10.3 Å². The van der Waals surface area contributed by atoms with Gasteiger partial charge in [-0.15, -0.1) is 0 Å². The number of fused-ring (bicyclic) bond motifs is 1. The largest absolute Gasteiger partial charge is 0.349 e. The van der Waals surface area contributed by atoms with E-state index in [1.165, 1.54) is 12.8 Å². The average Bonchev–Trinajstić information content (AvgIpc) is 2.91. The van der Waals surface area contributed by atoms with E-state index in [1.807, 2.05) is 18.2 Å². The van der Waals surface area contributed by atoms with E-state index in [0.717, 1.165) is 23.7 Å². The van der Waals surface area contributed by atoms with Crippen molar-refractivity contribution in [2.24, 2.45) is 0 Å². The number of nitrogens with one attached hydrogen (secondary N) is 1. The second-order valence-corrected chi connectivity index (χ2v) is 5.40. The van der Waals surface area contributed by atoms with Crippen molar-refractivity contribution in [3.8, 4) is 0 Å². The second kappa shape index (κ2) is 5.17. The van der Waals surface area contributed by atoms with E-state index in [4.69, 9.17) is 11.6 Å². The lowest BCUT2D eigenvalue weighted by Gasteiger charge is -2.12. The van der Waals surface area contributed by atoms with E-state index < -0.39 is 0 Å². The summed E-state index contributed by atoms with van der Waals surface area (Å²) in [7, 11) is 0. The van der Waals surface area contributed by atoms with Crippen LogP contribution in [0.3, 0.4) is 0 Å². The van der Waals surface area contributed by atoms with Gasteiger partial charge in [0.15, 0.2) is 0 Å². The summed E-state index contributed by atoms with van der Waals surface area (Å²) in [5.74, 6) is -0.0405. The Morgan fingerprint density at radius 2 is 2.11 bits per heavy atom. The number of aromatic nitrogens is 1. The molecular formula is C15H15ClN2O. The minimum absolute atomic E-state index is 0.0405. The predicted octanol–water partition coefficient (Wildman–Crippen LogP) is 3.56. The van der Waals surface area contributed by atoms with E-state index >= 15 is 0 Å². The number of pyridine rings is 1. The van der Waals surface area contributed by atoms with E-state index in [-0.39, 0.29) is 5.91 Å². The Morgan fingerprint density at radius 3 is 2.89 bits per heavy atom. The third kappa shape index (κ3) is 2.56. The average molecular weight is 275 g/mol. The lowest BCUT2D eigenvalue weighted by molar-refractivity contribution is 0.0937. The second-order valence-electron chi connectivity index (χ2n) is 4.99. The highest BCUT2D eigenvalue weighted by molar-refractivity contribution is 6.35. The monoisotopic (exact) mass is 274 g/mol. The number of rotatable bonds is 2. The number of carbonyl (C=O) groups is 1. The highest BCUT2D eigenvalue weighted by Gasteiger charge is 2.18. The maximum Gasteiger partial charge on any atom is 0.253 e. The van der Waals surface area contributed by atoms with Crippen LogP contribution in [-0.2, 0) is 0 Å². The van der Waals surface area contributed by atoms with E-state index in [9.17, 15) is 4.79 Å². The number of benzene rings is 1. The molecule has 0 atom stereocenters. The quantitative estimate of drug-likeness (QED) is 0.910. The molecule has 0 radical (unpaired) electrons. The van der Waals surface area contributed by atoms with Crippen LogP contribution in [0.5, 0.6) is 0 Å². The van der Waals surface area contributed by atoms with Crippen LogP contribution >= 0.6 is 11.6 Å². The molecule has 1 aromatic heterocycles. The molecular weight excluding hydrogens is 260 g/mol. The highest BCUT2D eigenvalue weighted by Crippen LogP contribution is 2.22. The summed E-state index contributed by atoms with van der Waals surface area (Å²) in [6.07, 6.45) is 6.17. The van der Waals surface area contributed by atoms with Gasteiger partial charge in [0.1, 0.15) is 0 Å². The molecule has 1 aromatic carbocycles. The first-order valence-corrected chi connectivity index (χ1v) is 6.97. The maximum atomic E-state index is 12.1. The first-order chi connectivity index (χ1) is 9.24. The molecule has 0 unspecified atom stereocenters. The molecule has 1 saturated carbocycles. The van der Waals surface area contributed by atoms with Crippen molar-refractivity contribution in [1.29, 1.82) is 0 Å². The summed E-state index contributed by atoms with van der Waals surface area (Å²) in [6.45, 7) is 0. The molecule has 1 fully saturated rings. The molecule has 0 saturated heterocycles. The van der Waals surface area contributed by atoms with Gasteiger partial charge in [0.2, 0.25) is 0 Å². The molecule has 4 heteroatoms. The third-order valence-corrected chi connectivity index (χ3v) is 3.92. The standard InChI is InChI=1S/C15H15ClN2O/c16-13-7-3-4-10-8-11(9-17-14(10)13)15(19)18-12-5-1-2-6-12/h3-4,7-9,12H,1-2,5-6H2,(H,18,19). The van der Waals surface area contributed by atoms with Gasteiger partial charge < -0.3 is 5.32 Å². The van der Waals surface area contributed by atoms with Crippen LogP contribution in [0.4, 0.5) is 0 Å². The maximum absolute atomic E-state index is 12.1. The number of nitrogens with zero attached hydrogens (tertiary/aromatic N) is 1. The Kier molecular flexibility index (Phi) is 3.38. The third-order valence-electron chi connectivity index (χ3n) is 3.61. The van der Waals surface area contributed by atoms with Crippen LogP contribution in [0.25, 0.3) is 10.9 Å². The molecule has 0 aliphatic heterocycles. The molecule has 0 spiro atoms. The van der Waals surface area contributed by atoms with Crippen LogP contribution in [0.15, 0.2) is 30.5 Å². The van der Waals surface area contributed by atoms with Gasteiger partial charge >= 0.3 is 0 Å². The summed E-state index contributed by atoms with van der Waals surface area (Å²) < 4.78 is 0. The zero-order chi connectivity index (χ0) is 13.2. The van der Waals surface area contributed by atoms with Gasteiger partial charge in [-0.3, -0.25) is 9.78 Å². The van der Waals surface area contributed by atoms with Gasteiger partial charge in [0.05, 0.1) is 16.1 Å². The number of amides is 1. The molecule has 3 rings (SSSR count). The Labute approximate surface area is 117 Å². The predicted molar refractivity (Wildman–Crippen MR) is 76.5 cm³/mol. The zero-order valence-corrected chi connectivity index (χ0v) is 11.3. The van der Waals surface area contributed by atoms with Gasteiger partial charge in [-0.05, 0) is 25.0 Å². The van der Waals surface area contributed by atoms with Gasteiger partial charge in [-0.1, -0.05) is 36.6 Å². The molecule has 1 N–H and O–H groups in total. The van der Waals surface area contributed by atoms with E-state index in [1.54, 1.807) is 12.3 Å². The van der Waals surface area contributed by atoms with Gasteiger partial charge in [0.25, 0.3) is 5.91 Å².